The number of hydrogen-bond donors (Lipinski definition) is 0. The van der Waals surface area contributed by atoms with Crippen LogP contribution in [0.3, 0.4) is 0 Å². The first-order valence-electron chi connectivity index (χ1n) is 24.6. The molecule has 0 bridgehead atoms. The van der Waals surface area contributed by atoms with E-state index in [-0.39, 0.29) is 58.0 Å². The van der Waals surface area contributed by atoms with Gasteiger partial charge in [0.05, 0.1) is 11.1 Å². The molecule has 2 aromatic heterocycles. The van der Waals surface area contributed by atoms with Crippen molar-refractivity contribution in [3.05, 3.63) is 136 Å². The van der Waals surface area contributed by atoms with Crippen molar-refractivity contribution >= 4 is 51.9 Å². The average Bonchev–Trinajstić information content (AvgIpc) is 4.15. The third-order valence-corrected chi connectivity index (χ3v) is 11.0. The third kappa shape index (κ3) is 19.9. The van der Waals surface area contributed by atoms with Crippen molar-refractivity contribution in [2.75, 3.05) is 26.4 Å². The van der Waals surface area contributed by atoms with Crippen LogP contribution in [0.5, 0.6) is 0 Å². The Labute approximate surface area is 449 Å². The largest absolute Gasteiger partial charge is 3.00 e. The molecule has 0 N–H and O–H groups in total. The minimum atomic E-state index is -0.0294. The molecule has 2 fully saturated rings. The number of para-hydroxylation sites is 4. The van der Waals surface area contributed by atoms with E-state index in [1.54, 1.807) is 6.34 Å². The van der Waals surface area contributed by atoms with E-state index in [9.17, 15) is 0 Å². The van der Waals surface area contributed by atoms with E-state index in [0.29, 0.717) is 23.7 Å². The number of rotatable bonds is 9. The number of fused-ring (bicyclic) bond motifs is 2. The molecule has 2 aliphatic heterocycles. The second-order valence-electron chi connectivity index (χ2n) is 20.5. The molecule has 0 unspecified atom stereocenters. The van der Waals surface area contributed by atoms with Gasteiger partial charge in [-0.3, -0.25) is 9.98 Å². The van der Waals surface area contributed by atoms with Gasteiger partial charge < -0.3 is 29.8 Å². The second-order valence-corrected chi connectivity index (χ2v) is 20.5. The molecule has 373 valence electrons. The zero-order valence-electron chi connectivity index (χ0n) is 43.7. The molecule has 0 amide bonds. The van der Waals surface area contributed by atoms with Gasteiger partial charge in [0.2, 0.25) is 0 Å². The Morgan fingerprint density at radius 3 is 1.18 bits per heavy atom. The van der Waals surface area contributed by atoms with Gasteiger partial charge in [-0.2, -0.15) is 12.4 Å². The van der Waals surface area contributed by atoms with Crippen LogP contribution in [0.25, 0.3) is 27.1 Å². The van der Waals surface area contributed by atoms with Crippen LogP contribution < -0.4 is 9.97 Å². The molecular weight excluding hydrogens is 998 g/mol. The number of nitrogens with zero attached hydrogens (tertiary/aromatic N) is 6. The van der Waals surface area contributed by atoms with Crippen LogP contribution in [0.2, 0.25) is 0 Å². The molecule has 68 heavy (non-hydrogen) atoms. The van der Waals surface area contributed by atoms with Crippen molar-refractivity contribution in [2.45, 2.75) is 157 Å². The molecule has 4 aromatic carbocycles. The van der Waals surface area contributed by atoms with Crippen LogP contribution in [0.15, 0.2) is 112 Å². The Morgan fingerprint density at radius 2 is 0.853 bits per heavy atom. The van der Waals surface area contributed by atoms with Gasteiger partial charge in [0.1, 0.15) is 0 Å². The maximum Gasteiger partial charge on any atom is 3.00 e. The van der Waals surface area contributed by atoms with Crippen LogP contribution in [-0.2, 0) is 9.47 Å². The average molecular weight is 1080 g/mol. The van der Waals surface area contributed by atoms with Crippen molar-refractivity contribution in [1.82, 2.24) is 9.97 Å². The molecule has 6 aromatic rings. The van der Waals surface area contributed by atoms with Crippen LogP contribution >= 0.6 is 0 Å². The van der Waals surface area contributed by atoms with E-state index in [1.165, 1.54) is 58.7 Å². The SMILES string of the molecule is C1CCOC1.C1CCOC1.CC(C)(C)N=Cc1c[n-]c2ccccc12.CC(C)(C)N=Cc1c[n-]c2ccccc12.CC(C)c1cccc(C(C)C)c1N=C[N-]c1c(C(C)C)cccc1C(C)C.[Yb+3]. The smallest absolute Gasteiger partial charge is 0.663 e. The normalized spacial score (nSPS) is 14.0. The summed E-state index contributed by atoms with van der Waals surface area (Å²) in [6.07, 6.45) is 14.4. The van der Waals surface area contributed by atoms with Gasteiger partial charge in [-0.15, -0.1) is 11.0 Å². The summed E-state index contributed by atoms with van der Waals surface area (Å²) in [4.78, 5) is 22.5. The fourth-order valence-corrected chi connectivity index (χ4v) is 7.30. The summed E-state index contributed by atoms with van der Waals surface area (Å²) >= 11 is 0. The van der Waals surface area contributed by atoms with Gasteiger partial charge >= 0.3 is 46.9 Å². The zero-order valence-corrected chi connectivity index (χ0v) is 45.4. The van der Waals surface area contributed by atoms with Crippen LogP contribution in [0, 0.1) is 46.9 Å². The van der Waals surface area contributed by atoms with Crippen molar-refractivity contribution in [1.29, 1.82) is 0 Å². The Hall–Kier alpha value is -3.79. The minimum absolute atomic E-state index is 0. The third-order valence-electron chi connectivity index (χ3n) is 11.0. The Kier molecular flexibility index (Phi) is 25.3. The van der Waals surface area contributed by atoms with Crippen molar-refractivity contribution in [3.63, 3.8) is 0 Å². The fraction of sp³-hybridized carbons (Fsp3) is 0.475. The van der Waals surface area contributed by atoms with E-state index >= 15 is 0 Å². The van der Waals surface area contributed by atoms with Crippen LogP contribution in [0.1, 0.15) is 180 Å². The topological polar surface area (TPSA) is 97.8 Å². The number of aromatic nitrogens is 2. The van der Waals surface area contributed by atoms with E-state index in [1.807, 2.05) is 61.2 Å². The predicted molar refractivity (Wildman–Crippen MR) is 290 cm³/mol. The predicted octanol–water partition coefficient (Wildman–Crippen LogP) is 16.2. The molecule has 0 spiro atoms. The molecule has 2 aliphatic rings. The molecule has 0 saturated carbocycles. The van der Waals surface area contributed by atoms with Gasteiger partial charge in [-0.1, -0.05) is 147 Å². The molecule has 4 heterocycles. The first kappa shape index (κ1) is 58.5. The van der Waals surface area contributed by atoms with E-state index in [0.717, 1.165) is 60.0 Å². The second kappa shape index (κ2) is 29.4. The molecule has 8 nitrogen and oxygen atoms in total. The number of aliphatic imine (C=N–C) groups is 3. The Balaban J connectivity index is 0.000000253. The first-order valence-corrected chi connectivity index (χ1v) is 24.6. The summed E-state index contributed by atoms with van der Waals surface area (Å²) in [6.45, 7) is 34.3. The van der Waals surface area contributed by atoms with E-state index < -0.39 is 0 Å². The fourth-order valence-electron chi connectivity index (χ4n) is 7.30. The summed E-state index contributed by atoms with van der Waals surface area (Å²) in [6, 6.07) is 29.3. The Bertz CT molecular complexity index is 2280. The molecule has 1 radical (unpaired) electrons. The summed E-state index contributed by atoms with van der Waals surface area (Å²) in [5.41, 5.74) is 11.5. The monoisotopic (exact) mass is 1080 g/mol. The van der Waals surface area contributed by atoms with E-state index in [2.05, 4.69) is 165 Å². The van der Waals surface area contributed by atoms with Crippen molar-refractivity contribution in [3.8, 4) is 0 Å². The first-order chi connectivity index (χ1) is 31.9. The van der Waals surface area contributed by atoms with Gasteiger partial charge in [-0.05, 0) is 146 Å². The van der Waals surface area contributed by atoms with Gasteiger partial charge in [0.15, 0.2) is 0 Å². The van der Waals surface area contributed by atoms with Crippen LogP contribution in [0.4, 0.5) is 11.4 Å². The maximum atomic E-state index is 4.94. The molecule has 9 heteroatoms. The maximum absolute atomic E-state index is 4.94. The standard InChI is InChI=1S/C25H35N2.2C13H15N2.2C4H8O.Yb/c1-16(2)20-11-9-12-21(17(3)4)24(20)26-15-27-25-22(18(5)6)13-10-14-23(25)19(7)8;2*1-13(2,3)15-9-10-8-14-12-7-5-4-6-11(10)12;2*1-2-4-5-3-1;/h9-19H,1-8H3;2*4-9H,1-3H3;2*1-4H2;/q3*-1;;;+3. The summed E-state index contributed by atoms with van der Waals surface area (Å²) in [5.74, 6) is 1.74. The van der Waals surface area contributed by atoms with Gasteiger partial charge in [-0.25, -0.2) is 0 Å². The number of ether oxygens (including phenoxy) is 2. The molecule has 0 atom stereocenters. The zero-order chi connectivity index (χ0) is 49.0. The summed E-state index contributed by atoms with van der Waals surface area (Å²) in [7, 11) is 0. The Morgan fingerprint density at radius 1 is 0.500 bits per heavy atom. The molecule has 0 aliphatic carbocycles. The number of hydrogen-bond acceptors (Lipinski definition) is 5. The van der Waals surface area contributed by atoms with Crippen molar-refractivity contribution < 1.29 is 56.4 Å². The summed E-state index contributed by atoms with van der Waals surface area (Å²) in [5, 5.41) is 7.20. The van der Waals surface area contributed by atoms with Gasteiger partial charge in [0.25, 0.3) is 0 Å². The van der Waals surface area contributed by atoms with Gasteiger partial charge in [0, 0.05) is 38.9 Å². The van der Waals surface area contributed by atoms with Crippen LogP contribution in [-0.4, -0.2) is 56.3 Å². The molecule has 2 saturated heterocycles. The quantitative estimate of drug-likeness (QED) is 0.106. The van der Waals surface area contributed by atoms with Crippen molar-refractivity contribution in [2.24, 2.45) is 15.0 Å². The van der Waals surface area contributed by atoms with E-state index in [4.69, 9.17) is 19.8 Å². The minimum Gasteiger partial charge on any atom is -0.663 e. The molecular formula is C59H81N6O2Yb. The summed E-state index contributed by atoms with van der Waals surface area (Å²) < 4.78 is 9.89. The number of benzene rings is 4. The molecule has 8 rings (SSSR count).